The van der Waals surface area contributed by atoms with Crippen LogP contribution in [-0.4, -0.2) is 53.5 Å². The minimum atomic E-state index is -0.761. The number of nitrogens with zero attached hydrogens (tertiary/aromatic N) is 1. The molecule has 16 heavy (non-hydrogen) atoms. The third kappa shape index (κ3) is 4.03. The van der Waals surface area contributed by atoms with Gasteiger partial charge in [0.2, 0.25) is 0 Å². The molecule has 0 fully saturated rings. The number of nitrogens with two attached hydrogens (primary N) is 1. The first-order valence-corrected chi connectivity index (χ1v) is 5.30. The topological polar surface area (TPSA) is 69.7 Å². The summed E-state index contributed by atoms with van der Waals surface area (Å²) in [6.07, 6.45) is 2.19. The van der Waals surface area contributed by atoms with Crippen LogP contribution >= 0.6 is 12.4 Å². The Morgan fingerprint density at radius 1 is 1.50 bits per heavy atom. The van der Waals surface area contributed by atoms with Crippen LogP contribution in [0.1, 0.15) is 19.8 Å². The monoisotopic (exact) mass is 252 g/mol. The highest BCUT2D eigenvalue weighted by Gasteiger charge is 2.36. The van der Waals surface area contributed by atoms with Crippen molar-refractivity contribution in [1.29, 1.82) is 0 Å². The van der Waals surface area contributed by atoms with Crippen LogP contribution in [0, 0.1) is 0 Å². The lowest BCUT2D eigenvalue weighted by atomic mass is 9.82. The van der Waals surface area contributed by atoms with Crippen molar-refractivity contribution in [1.82, 2.24) is 4.90 Å². The number of aliphatic hydroxyl groups excluding tert-OH is 2. The van der Waals surface area contributed by atoms with E-state index in [9.17, 15) is 5.11 Å². The molecule has 0 spiro atoms. The van der Waals surface area contributed by atoms with Crippen molar-refractivity contribution in [3.63, 3.8) is 0 Å². The summed E-state index contributed by atoms with van der Waals surface area (Å²) >= 11 is 0. The summed E-state index contributed by atoms with van der Waals surface area (Å²) in [4.78, 5) is 1.95. The molecule has 0 saturated carbocycles. The van der Waals surface area contributed by atoms with Crippen LogP contribution in [0.15, 0.2) is 12.7 Å². The summed E-state index contributed by atoms with van der Waals surface area (Å²) in [6, 6.07) is -0.105. The van der Waals surface area contributed by atoms with Gasteiger partial charge in [0.15, 0.2) is 0 Å². The molecule has 0 amide bonds. The molecule has 3 unspecified atom stereocenters. The van der Waals surface area contributed by atoms with Crippen LogP contribution in [0.25, 0.3) is 0 Å². The Bertz CT molecular complexity index is 202. The standard InChI is InChI=1S/C11H24N2O2.ClH/c1-5-10(12)11(6-2,13(3)4)7-9(15)8-14;/h6,9-10,14-15H,2,5,7-8,12H2,1,3-4H3;1H. The Kier molecular flexibility index (Phi) is 9.16. The number of likely N-dealkylation sites (N-methyl/N-ethyl adjacent to an activating group) is 1. The quantitative estimate of drug-likeness (QED) is 0.573. The lowest BCUT2D eigenvalue weighted by Crippen LogP contribution is -2.57. The van der Waals surface area contributed by atoms with E-state index in [1.165, 1.54) is 0 Å². The highest BCUT2D eigenvalue weighted by molar-refractivity contribution is 5.85. The van der Waals surface area contributed by atoms with E-state index in [4.69, 9.17) is 10.8 Å². The first-order valence-electron chi connectivity index (χ1n) is 5.30. The molecule has 0 radical (unpaired) electrons. The van der Waals surface area contributed by atoms with Crippen LogP contribution in [0.4, 0.5) is 0 Å². The Morgan fingerprint density at radius 2 is 2.00 bits per heavy atom. The number of rotatable bonds is 7. The predicted molar refractivity (Wildman–Crippen MR) is 69.8 cm³/mol. The van der Waals surface area contributed by atoms with Crippen molar-refractivity contribution in [3.8, 4) is 0 Å². The van der Waals surface area contributed by atoms with Gasteiger partial charge in [0.1, 0.15) is 0 Å². The van der Waals surface area contributed by atoms with Crippen molar-refractivity contribution in [3.05, 3.63) is 12.7 Å². The maximum Gasteiger partial charge on any atom is 0.0792 e. The third-order valence-corrected chi connectivity index (χ3v) is 3.04. The minimum absolute atomic E-state index is 0. The fraction of sp³-hybridized carbons (Fsp3) is 0.818. The van der Waals surface area contributed by atoms with Gasteiger partial charge in [-0.15, -0.1) is 19.0 Å². The molecule has 98 valence electrons. The Morgan fingerprint density at radius 3 is 2.25 bits per heavy atom. The average molecular weight is 253 g/mol. The van der Waals surface area contributed by atoms with E-state index >= 15 is 0 Å². The van der Waals surface area contributed by atoms with Gasteiger partial charge < -0.3 is 15.9 Å². The normalized spacial score (nSPS) is 18.4. The molecule has 5 heteroatoms. The molecule has 0 bridgehead atoms. The van der Waals surface area contributed by atoms with Crippen LogP contribution in [0.3, 0.4) is 0 Å². The molecule has 0 aromatic rings. The smallest absolute Gasteiger partial charge is 0.0792 e. The second-order valence-corrected chi connectivity index (χ2v) is 4.15. The molecule has 4 N–H and O–H groups in total. The second-order valence-electron chi connectivity index (χ2n) is 4.15. The molecule has 0 heterocycles. The van der Waals surface area contributed by atoms with Crippen LogP contribution in [0.2, 0.25) is 0 Å². The van der Waals surface area contributed by atoms with Crippen molar-refractivity contribution >= 4 is 12.4 Å². The molecule has 0 saturated heterocycles. The number of hydrogen-bond acceptors (Lipinski definition) is 4. The fourth-order valence-corrected chi connectivity index (χ4v) is 1.88. The number of hydrogen-bond donors (Lipinski definition) is 3. The van der Waals surface area contributed by atoms with Crippen molar-refractivity contribution < 1.29 is 10.2 Å². The molecule has 0 rings (SSSR count). The summed E-state index contributed by atoms with van der Waals surface area (Å²) in [5.74, 6) is 0. The van der Waals surface area contributed by atoms with E-state index in [-0.39, 0.29) is 25.1 Å². The van der Waals surface area contributed by atoms with Gasteiger partial charge in [0.05, 0.1) is 18.2 Å². The van der Waals surface area contributed by atoms with Gasteiger partial charge in [-0.3, -0.25) is 4.90 Å². The zero-order chi connectivity index (χ0) is 12.1. The molecule has 0 aromatic heterocycles. The van der Waals surface area contributed by atoms with Gasteiger partial charge in [-0.1, -0.05) is 13.0 Å². The highest BCUT2D eigenvalue weighted by Crippen LogP contribution is 2.25. The van der Waals surface area contributed by atoms with E-state index < -0.39 is 11.6 Å². The predicted octanol–water partition coefficient (Wildman–Crippen LogP) is 0.375. The van der Waals surface area contributed by atoms with Gasteiger partial charge in [0.25, 0.3) is 0 Å². The number of halogens is 1. The zero-order valence-corrected chi connectivity index (χ0v) is 11.2. The fourth-order valence-electron chi connectivity index (χ4n) is 1.88. The first kappa shape index (κ1) is 18.2. The largest absolute Gasteiger partial charge is 0.394 e. The Labute approximate surface area is 105 Å². The molecule has 0 aliphatic rings. The maximum absolute atomic E-state index is 9.54. The lowest BCUT2D eigenvalue weighted by molar-refractivity contribution is 0.0354. The zero-order valence-electron chi connectivity index (χ0n) is 10.4. The molecular formula is C11H25ClN2O2. The first-order chi connectivity index (χ1) is 6.94. The van der Waals surface area contributed by atoms with E-state index in [1.807, 2.05) is 25.9 Å². The third-order valence-electron chi connectivity index (χ3n) is 3.04. The maximum atomic E-state index is 9.54. The highest BCUT2D eigenvalue weighted by atomic mass is 35.5. The average Bonchev–Trinajstić information content (AvgIpc) is 2.23. The number of aliphatic hydroxyl groups is 2. The molecule has 0 aromatic carbocycles. The molecular weight excluding hydrogens is 228 g/mol. The van der Waals surface area contributed by atoms with E-state index in [2.05, 4.69) is 6.58 Å². The van der Waals surface area contributed by atoms with Gasteiger partial charge in [-0.05, 0) is 26.9 Å². The molecule has 0 aliphatic heterocycles. The summed E-state index contributed by atoms with van der Waals surface area (Å²) in [5.41, 5.74) is 5.60. The molecule has 3 atom stereocenters. The van der Waals surface area contributed by atoms with Gasteiger partial charge in [-0.2, -0.15) is 0 Å². The lowest BCUT2D eigenvalue weighted by Gasteiger charge is -2.43. The Hall–Kier alpha value is -0.130. The van der Waals surface area contributed by atoms with Crippen molar-refractivity contribution in [2.24, 2.45) is 5.73 Å². The van der Waals surface area contributed by atoms with Gasteiger partial charge in [0, 0.05) is 6.04 Å². The van der Waals surface area contributed by atoms with Crippen LogP contribution in [0.5, 0.6) is 0 Å². The van der Waals surface area contributed by atoms with E-state index in [1.54, 1.807) is 6.08 Å². The van der Waals surface area contributed by atoms with E-state index in [0.717, 1.165) is 6.42 Å². The van der Waals surface area contributed by atoms with Crippen LogP contribution < -0.4 is 5.73 Å². The summed E-state index contributed by atoms with van der Waals surface area (Å²) in [6.45, 7) is 5.54. The minimum Gasteiger partial charge on any atom is -0.394 e. The molecule has 0 aliphatic carbocycles. The summed E-state index contributed by atoms with van der Waals surface area (Å²) in [7, 11) is 3.81. The van der Waals surface area contributed by atoms with Crippen molar-refractivity contribution in [2.45, 2.75) is 37.5 Å². The van der Waals surface area contributed by atoms with Gasteiger partial charge >= 0.3 is 0 Å². The summed E-state index contributed by atoms with van der Waals surface area (Å²) < 4.78 is 0. The second kappa shape index (κ2) is 8.03. The van der Waals surface area contributed by atoms with Crippen molar-refractivity contribution in [2.75, 3.05) is 20.7 Å². The van der Waals surface area contributed by atoms with E-state index in [0.29, 0.717) is 6.42 Å². The molecule has 4 nitrogen and oxygen atoms in total. The van der Waals surface area contributed by atoms with Crippen LogP contribution in [-0.2, 0) is 0 Å². The van der Waals surface area contributed by atoms with Gasteiger partial charge in [-0.25, -0.2) is 0 Å². The Balaban J connectivity index is 0. The summed E-state index contributed by atoms with van der Waals surface area (Å²) in [5, 5.41) is 18.4. The SMILES string of the molecule is C=CC(CC(O)CO)(C(N)CC)N(C)C.Cl.